The molecule has 5 nitrogen and oxygen atoms in total. The molecule has 2 heterocycles. The normalized spacial score (nSPS) is 15.4. The zero-order valence-electron chi connectivity index (χ0n) is 17.1. The summed E-state index contributed by atoms with van der Waals surface area (Å²) >= 11 is 0. The average molecular weight is 386 g/mol. The van der Waals surface area contributed by atoms with E-state index in [0.29, 0.717) is 18.3 Å². The van der Waals surface area contributed by atoms with Crippen molar-refractivity contribution < 1.29 is 4.79 Å². The van der Waals surface area contributed by atoms with E-state index in [9.17, 15) is 4.79 Å². The van der Waals surface area contributed by atoms with Crippen LogP contribution in [0, 0.1) is 0 Å². The van der Waals surface area contributed by atoms with Gasteiger partial charge >= 0.3 is 0 Å². The summed E-state index contributed by atoms with van der Waals surface area (Å²) in [5.74, 6) is 0.677. The van der Waals surface area contributed by atoms with Gasteiger partial charge in [-0.2, -0.15) is 0 Å². The van der Waals surface area contributed by atoms with Crippen LogP contribution in [0.3, 0.4) is 0 Å². The molecule has 0 fully saturated rings. The molecule has 3 aromatic rings. The zero-order valence-corrected chi connectivity index (χ0v) is 17.1. The second kappa shape index (κ2) is 8.03. The van der Waals surface area contributed by atoms with Crippen molar-refractivity contribution in [2.75, 3.05) is 4.90 Å². The third-order valence-corrected chi connectivity index (χ3v) is 5.39. The number of amides is 1. The summed E-state index contributed by atoms with van der Waals surface area (Å²) < 4.78 is 0. The number of para-hydroxylation sites is 1. The van der Waals surface area contributed by atoms with Crippen LogP contribution >= 0.6 is 0 Å². The molecular weight excluding hydrogens is 360 g/mol. The summed E-state index contributed by atoms with van der Waals surface area (Å²) in [5.41, 5.74) is 3.96. The van der Waals surface area contributed by atoms with Crippen LogP contribution in [0.25, 0.3) is 0 Å². The Kier molecular flexibility index (Phi) is 5.30. The lowest BCUT2D eigenvalue weighted by atomic mass is 10.1. The lowest BCUT2D eigenvalue weighted by Crippen LogP contribution is -2.37. The smallest absolute Gasteiger partial charge is 0.274 e. The first-order valence-electron chi connectivity index (χ1n) is 10.1. The van der Waals surface area contributed by atoms with Gasteiger partial charge in [0.05, 0.1) is 12.4 Å². The number of anilines is 2. The van der Waals surface area contributed by atoms with Gasteiger partial charge in [0, 0.05) is 24.3 Å². The van der Waals surface area contributed by atoms with Crippen LogP contribution in [0.4, 0.5) is 11.5 Å². The first-order chi connectivity index (χ1) is 14.0. The number of aromatic nitrogens is 2. The van der Waals surface area contributed by atoms with Gasteiger partial charge in [0.25, 0.3) is 5.91 Å². The fraction of sp³-hybridized carbons (Fsp3) is 0.292. The molecule has 0 bridgehead atoms. The van der Waals surface area contributed by atoms with Crippen molar-refractivity contribution in [2.24, 2.45) is 0 Å². The molecule has 0 spiro atoms. The van der Waals surface area contributed by atoms with Gasteiger partial charge in [-0.3, -0.25) is 4.79 Å². The van der Waals surface area contributed by atoms with E-state index in [-0.39, 0.29) is 11.9 Å². The number of hydrogen-bond acceptors (Lipinski definition) is 4. The van der Waals surface area contributed by atoms with Crippen LogP contribution in [0.1, 0.15) is 42.4 Å². The van der Waals surface area contributed by atoms with E-state index in [4.69, 9.17) is 0 Å². The van der Waals surface area contributed by atoms with E-state index in [1.807, 2.05) is 55.1 Å². The molecule has 0 saturated carbocycles. The number of fused-ring (bicyclic) bond motifs is 1. The molecule has 4 rings (SSSR count). The van der Waals surface area contributed by atoms with Crippen LogP contribution in [-0.4, -0.2) is 32.9 Å². The Morgan fingerprint density at radius 2 is 1.79 bits per heavy atom. The highest BCUT2D eigenvalue weighted by atomic mass is 16.2. The SMILES string of the molecule is CC(C)N(Cc1ccccc1)C(=O)c1cnc(N2c3ccccc3CC2C)cn1. The van der Waals surface area contributed by atoms with Gasteiger partial charge in [-0.05, 0) is 44.4 Å². The molecule has 0 aliphatic carbocycles. The fourth-order valence-corrected chi connectivity index (χ4v) is 3.89. The highest BCUT2D eigenvalue weighted by Crippen LogP contribution is 2.36. The lowest BCUT2D eigenvalue weighted by molar-refractivity contribution is 0.0684. The minimum absolute atomic E-state index is 0.0645. The monoisotopic (exact) mass is 386 g/mol. The van der Waals surface area contributed by atoms with Crippen molar-refractivity contribution in [1.82, 2.24) is 14.9 Å². The Morgan fingerprint density at radius 1 is 1.07 bits per heavy atom. The maximum Gasteiger partial charge on any atom is 0.274 e. The molecule has 1 aromatic heterocycles. The molecule has 148 valence electrons. The maximum atomic E-state index is 13.1. The van der Waals surface area contributed by atoms with E-state index < -0.39 is 0 Å². The molecule has 1 amide bonds. The van der Waals surface area contributed by atoms with Crippen molar-refractivity contribution in [3.8, 4) is 0 Å². The number of nitrogens with zero attached hydrogens (tertiary/aromatic N) is 4. The Bertz CT molecular complexity index is 985. The van der Waals surface area contributed by atoms with E-state index in [1.165, 1.54) is 11.3 Å². The van der Waals surface area contributed by atoms with E-state index in [1.54, 1.807) is 12.4 Å². The van der Waals surface area contributed by atoms with Crippen LogP contribution in [0.2, 0.25) is 0 Å². The number of benzene rings is 2. The number of carbonyl (C=O) groups excluding carboxylic acids is 1. The Labute approximate surface area is 172 Å². The third kappa shape index (κ3) is 3.86. The predicted octanol–water partition coefficient (Wildman–Crippen LogP) is 4.61. The third-order valence-electron chi connectivity index (χ3n) is 5.39. The largest absolute Gasteiger partial charge is 0.331 e. The molecule has 1 aliphatic rings. The number of rotatable bonds is 5. The first kappa shape index (κ1) is 19.1. The molecule has 5 heteroatoms. The zero-order chi connectivity index (χ0) is 20.4. The standard InChI is InChI=1S/C24H26N4O/c1-17(2)27(16-19-9-5-4-6-10-19)24(29)21-14-26-23(15-25-21)28-18(3)13-20-11-7-8-12-22(20)28/h4-12,14-15,17-18H,13,16H2,1-3H3. The van der Waals surface area contributed by atoms with Gasteiger partial charge in [-0.1, -0.05) is 48.5 Å². The second-order valence-electron chi connectivity index (χ2n) is 7.82. The Balaban J connectivity index is 1.56. The van der Waals surface area contributed by atoms with E-state index in [0.717, 1.165) is 17.8 Å². The highest BCUT2D eigenvalue weighted by Gasteiger charge is 2.28. The van der Waals surface area contributed by atoms with Gasteiger partial charge < -0.3 is 9.80 Å². The van der Waals surface area contributed by atoms with E-state index in [2.05, 4.69) is 40.0 Å². The summed E-state index contributed by atoms with van der Waals surface area (Å²) in [6.45, 7) is 6.77. The number of hydrogen-bond donors (Lipinski definition) is 0. The topological polar surface area (TPSA) is 49.3 Å². The Hall–Kier alpha value is -3.21. The summed E-state index contributed by atoms with van der Waals surface area (Å²) in [4.78, 5) is 26.2. The van der Waals surface area contributed by atoms with Crippen LogP contribution in [0.5, 0.6) is 0 Å². The quantitative estimate of drug-likeness (QED) is 0.642. The second-order valence-corrected chi connectivity index (χ2v) is 7.82. The Morgan fingerprint density at radius 3 is 2.48 bits per heavy atom. The molecular formula is C24H26N4O. The van der Waals surface area contributed by atoms with Crippen molar-refractivity contribution >= 4 is 17.4 Å². The summed E-state index contributed by atoms with van der Waals surface area (Å²) in [5, 5.41) is 0. The van der Waals surface area contributed by atoms with Crippen molar-refractivity contribution in [3.63, 3.8) is 0 Å². The molecule has 1 unspecified atom stereocenters. The average Bonchev–Trinajstić information content (AvgIpc) is 3.08. The first-order valence-corrected chi connectivity index (χ1v) is 10.1. The highest BCUT2D eigenvalue weighted by molar-refractivity contribution is 5.92. The minimum atomic E-state index is -0.0993. The van der Waals surface area contributed by atoms with Gasteiger partial charge in [-0.25, -0.2) is 9.97 Å². The lowest BCUT2D eigenvalue weighted by Gasteiger charge is -2.27. The van der Waals surface area contributed by atoms with Gasteiger partial charge in [-0.15, -0.1) is 0 Å². The van der Waals surface area contributed by atoms with Crippen LogP contribution in [-0.2, 0) is 13.0 Å². The van der Waals surface area contributed by atoms with Gasteiger partial charge in [0.2, 0.25) is 0 Å². The molecule has 1 aliphatic heterocycles. The van der Waals surface area contributed by atoms with Crippen molar-refractivity contribution in [1.29, 1.82) is 0 Å². The van der Waals surface area contributed by atoms with Gasteiger partial charge in [0.15, 0.2) is 5.82 Å². The fourth-order valence-electron chi connectivity index (χ4n) is 3.89. The van der Waals surface area contributed by atoms with E-state index >= 15 is 0 Å². The molecule has 29 heavy (non-hydrogen) atoms. The molecule has 0 radical (unpaired) electrons. The maximum absolute atomic E-state index is 13.1. The minimum Gasteiger partial charge on any atom is -0.331 e. The number of carbonyl (C=O) groups is 1. The predicted molar refractivity (Wildman–Crippen MR) is 115 cm³/mol. The molecule has 0 saturated heterocycles. The molecule has 2 aromatic carbocycles. The summed E-state index contributed by atoms with van der Waals surface area (Å²) in [6.07, 6.45) is 4.30. The molecule has 1 atom stereocenters. The summed E-state index contributed by atoms with van der Waals surface area (Å²) in [7, 11) is 0. The van der Waals surface area contributed by atoms with Crippen LogP contribution in [0.15, 0.2) is 67.0 Å². The van der Waals surface area contributed by atoms with Gasteiger partial charge in [0.1, 0.15) is 5.69 Å². The van der Waals surface area contributed by atoms with Crippen LogP contribution < -0.4 is 4.90 Å². The van der Waals surface area contributed by atoms with Crippen molar-refractivity contribution in [2.45, 2.75) is 45.8 Å². The molecule has 0 N–H and O–H groups in total. The van der Waals surface area contributed by atoms with Crippen molar-refractivity contribution in [3.05, 3.63) is 83.8 Å². The summed E-state index contributed by atoms with van der Waals surface area (Å²) in [6, 6.07) is 18.8.